The Kier molecular flexibility index (Phi) is 4.70. The summed E-state index contributed by atoms with van der Waals surface area (Å²) in [7, 11) is 0. The molecule has 136 valence electrons. The molecular weight excluding hydrogens is 355 g/mol. The summed E-state index contributed by atoms with van der Waals surface area (Å²) < 4.78 is 40.6. The molecule has 0 saturated carbocycles. The minimum Gasteiger partial charge on any atom is -0.337 e. The third-order valence-corrected chi connectivity index (χ3v) is 4.83. The highest BCUT2D eigenvalue weighted by atomic mass is 35.5. The molecule has 1 aliphatic heterocycles. The van der Waals surface area contributed by atoms with E-state index in [2.05, 4.69) is 11.9 Å². The topological polar surface area (TPSA) is 37.6 Å². The number of piperidine rings is 1. The van der Waals surface area contributed by atoms with Gasteiger partial charge in [-0.3, -0.25) is 9.20 Å². The number of hydrogen-bond donors (Lipinski definition) is 0. The van der Waals surface area contributed by atoms with Crippen molar-refractivity contribution in [2.45, 2.75) is 39.3 Å². The molecule has 25 heavy (non-hydrogen) atoms. The van der Waals surface area contributed by atoms with Crippen LogP contribution in [0.25, 0.3) is 5.65 Å². The molecule has 0 spiro atoms. The first-order valence-electron chi connectivity index (χ1n) is 8.29. The van der Waals surface area contributed by atoms with Gasteiger partial charge in [0.2, 0.25) is 0 Å². The standard InChI is InChI=1S/C17H19ClF3N3O/c1-3-13-14(16(25)23-6-4-5-10(2)8-23)24-9-11(17(19,20)21)7-12(18)15(24)22-13/h7,9-10H,3-6,8H2,1-2H3. The van der Waals surface area contributed by atoms with Gasteiger partial charge in [0.25, 0.3) is 5.91 Å². The maximum Gasteiger partial charge on any atom is 0.417 e. The quantitative estimate of drug-likeness (QED) is 0.780. The van der Waals surface area contributed by atoms with Crippen LogP contribution in [0, 0.1) is 5.92 Å². The number of likely N-dealkylation sites (tertiary alicyclic amines) is 1. The lowest BCUT2D eigenvalue weighted by atomic mass is 10.00. The molecule has 0 aromatic carbocycles. The molecule has 0 bridgehead atoms. The lowest BCUT2D eigenvalue weighted by Gasteiger charge is -2.31. The van der Waals surface area contributed by atoms with Crippen LogP contribution in [0.2, 0.25) is 5.02 Å². The Morgan fingerprint density at radius 2 is 2.16 bits per heavy atom. The number of alkyl halides is 3. The summed E-state index contributed by atoms with van der Waals surface area (Å²) in [5, 5.41) is -0.115. The number of aryl methyl sites for hydroxylation is 1. The fraction of sp³-hybridized carbons (Fsp3) is 0.529. The summed E-state index contributed by atoms with van der Waals surface area (Å²) in [4.78, 5) is 19.0. The van der Waals surface area contributed by atoms with Crippen LogP contribution in [0.1, 0.15) is 48.4 Å². The van der Waals surface area contributed by atoms with Crippen molar-refractivity contribution in [3.63, 3.8) is 0 Å². The van der Waals surface area contributed by atoms with Gasteiger partial charge in [-0.15, -0.1) is 0 Å². The molecule has 4 nitrogen and oxygen atoms in total. The number of rotatable bonds is 2. The Bertz CT molecular complexity index is 816. The molecule has 1 saturated heterocycles. The minimum atomic E-state index is -4.55. The lowest BCUT2D eigenvalue weighted by Crippen LogP contribution is -2.40. The molecular formula is C17H19ClF3N3O. The van der Waals surface area contributed by atoms with Gasteiger partial charge in [0.15, 0.2) is 5.65 Å². The number of pyridine rings is 1. The SMILES string of the molecule is CCc1nc2c(Cl)cc(C(F)(F)F)cn2c1C(=O)N1CCCC(C)C1. The summed E-state index contributed by atoms with van der Waals surface area (Å²) in [5.41, 5.74) is -0.0740. The summed E-state index contributed by atoms with van der Waals surface area (Å²) in [6.07, 6.45) is -1.27. The number of nitrogens with zero attached hydrogens (tertiary/aromatic N) is 3. The smallest absolute Gasteiger partial charge is 0.337 e. The largest absolute Gasteiger partial charge is 0.417 e. The van der Waals surface area contributed by atoms with E-state index in [0.717, 1.165) is 25.1 Å². The molecule has 2 aromatic heterocycles. The van der Waals surface area contributed by atoms with Gasteiger partial charge in [-0.25, -0.2) is 4.98 Å². The summed E-state index contributed by atoms with van der Waals surface area (Å²) in [5.74, 6) is 0.0857. The number of hydrogen-bond acceptors (Lipinski definition) is 2. The Morgan fingerprint density at radius 1 is 1.44 bits per heavy atom. The molecule has 1 unspecified atom stereocenters. The second kappa shape index (κ2) is 6.52. The van der Waals surface area contributed by atoms with Crippen LogP contribution in [-0.2, 0) is 12.6 Å². The molecule has 1 atom stereocenters. The van der Waals surface area contributed by atoms with E-state index in [0.29, 0.717) is 31.1 Å². The highest BCUT2D eigenvalue weighted by molar-refractivity contribution is 6.33. The van der Waals surface area contributed by atoms with Crippen LogP contribution in [0.15, 0.2) is 12.3 Å². The Hall–Kier alpha value is -1.76. The van der Waals surface area contributed by atoms with E-state index >= 15 is 0 Å². The van der Waals surface area contributed by atoms with Gasteiger partial charge in [-0.1, -0.05) is 25.4 Å². The van der Waals surface area contributed by atoms with Crippen molar-refractivity contribution in [1.29, 1.82) is 0 Å². The summed E-state index contributed by atoms with van der Waals surface area (Å²) in [6, 6.07) is 0.848. The van der Waals surface area contributed by atoms with Crippen LogP contribution < -0.4 is 0 Å². The average Bonchev–Trinajstić information content (AvgIpc) is 2.92. The zero-order valence-corrected chi connectivity index (χ0v) is 14.8. The predicted molar refractivity (Wildman–Crippen MR) is 88.9 cm³/mol. The third-order valence-electron chi connectivity index (χ3n) is 4.56. The first kappa shape index (κ1) is 18.0. The second-order valence-corrected chi connectivity index (χ2v) is 6.93. The number of imidazole rings is 1. The molecule has 3 rings (SSSR count). The summed E-state index contributed by atoms with van der Waals surface area (Å²) >= 11 is 6.02. The van der Waals surface area contributed by atoms with Crippen molar-refractivity contribution in [2.24, 2.45) is 5.92 Å². The zero-order chi connectivity index (χ0) is 18.4. The fourth-order valence-electron chi connectivity index (χ4n) is 3.30. The Labute approximate surface area is 148 Å². The second-order valence-electron chi connectivity index (χ2n) is 6.53. The third kappa shape index (κ3) is 3.34. The van der Waals surface area contributed by atoms with Crippen molar-refractivity contribution < 1.29 is 18.0 Å². The highest BCUT2D eigenvalue weighted by Gasteiger charge is 2.34. The lowest BCUT2D eigenvalue weighted by molar-refractivity contribution is -0.137. The molecule has 1 amide bonds. The number of aromatic nitrogens is 2. The maximum atomic E-state index is 13.1. The maximum absolute atomic E-state index is 13.1. The van der Waals surface area contributed by atoms with Crippen molar-refractivity contribution in [2.75, 3.05) is 13.1 Å². The van der Waals surface area contributed by atoms with Crippen molar-refractivity contribution in [1.82, 2.24) is 14.3 Å². The normalized spacial score (nSPS) is 18.8. The first-order chi connectivity index (χ1) is 11.7. The van der Waals surface area contributed by atoms with Crippen LogP contribution >= 0.6 is 11.6 Å². The average molecular weight is 374 g/mol. The zero-order valence-electron chi connectivity index (χ0n) is 14.0. The van der Waals surface area contributed by atoms with Gasteiger partial charge in [0.05, 0.1) is 16.3 Å². The fourth-order valence-corrected chi connectivity index (χ4v) is 3.55. The molecule has 1 fully saturated rings. The predicted octanol–water partition coefficient (Wildman–Crippen LogP) is 4.44. The monoisotopic (exact) mass is 373 g/mol. The van der Waals surface area contributed by atoms with E-state index in [-0.39, 0.29) is 22.3 Å². The Balaban J connectivity index is 2.15. The van der Waals surface area contributed by atoms with Crippen molar-refractivity contribution in [3.05, 3.63) is 34.2 Å². The molecule has 0 radical (unpaired) electrons. The van der Waals surface area contributed by atoms with E-state index < -0.39 is 11.7 Å². The van der Waals surface area contributed by atoms with Crippen LogP contribution in [0.5, 0.6) is 0 Å². The van der Waals surface area contributed by atoms with Crippen LogP contribution in [0.3, 0.4) is 0 Å². The number of carbonyl (C=O) groups excluding carboxylic acids is 1. The van der Waals surface area contributed by atoms with E-state index in [9.17, 15) is 18.0 Å². The number of halogens is 4. The first-order valence-corrected chi connectivity index (χ1v) is 8.67. The number of amides is 1. The van der Waals surface area contributed by atoms with Gasteiger partial charge in [0, 0.05) is 19.3 Å². The molecule has 0 aliphatic carbocycles. The minimum absolute atomic E-state index is 0.115. The van der Waals surface area contributed by atoms with Gasteiger partial charge in [-0.05, 0) is 31.2 Å². The van der Waals surface area contributed by atoms with Gasteiger partial charge in [0.1, 0.15) is 5.69 Å². The van der Waals surface area contributed by atoms with Crippen molar-refractivity contribution >= 4 is 23.2 Å². The molecule has 2 aromatic rings. The number of fused-ring (bicyclic) bond motifs is 1. The van der Waals surface area contributed by atoms with Gasteiger partial charge in [-0.2, -0.15) is 13.2 Å². The number of carbonyl (C=O) groups is 1. The molecule has 0 N–H and O–H groups in total. The van der Waals surface area contributed by atoms with Gasteiger partial charge >= 0.3 is 6.18 Å². The molecule has 8 heteroatoms. The van der Waals surface area contributed by atoms with E-state index in [4.69, 9.17) is 11.6 Å². The van der Waals surface area contributed by atoms with Crippen LogP contribution in [-0.4, -0.2) is 33.3 Å². The van der Waals surface area contributed by atoms with Gasteiger partial charge < -0.3 is 4.90 Å². The van der Waals surface area contributed by atoms with Crippen molar-refractivity contribution in [3.8, 4) is 0 Å². The summed E-state index contributed by atoms with van der Waals surface area (Å²) in [6.45, 7) is 5.08. The molecule has 1 aliphatic rings. The van der Waals surface area contributed by atoms with E-state index in [1.54, 1.807) is 4.90 Å². The van der Waals surface area contributed by atoms with E-state index in [1.165, 1.54) is 4.40 Å². The molecule has 3 heterocycles. The Morgan fingerprint density at radius 3 is 2.76 bits per heavy atom. The van der Waals surface area contributed by atoms with E-state index in [1.807, 2.05) is 6.92 Å². The highest BCUT2D eigenvalue weighted by Crippen LogP contribution is 2.33. The van der Waals surface area contributed by atoms with Crippen LogP contribution in [0.4, 0.5) is 13.2 Å².